The van der Waals surface area contributed by atoms with E-state index >= 15 is 0 Å². The summed E-state index contributed by atoms with van der Waals surface area (Å²) in [7, 11) is 1.71. The molecule has 7 nitrogen and oxygen atoms in total. The average Bonchev–Trinajstić information content (AvgIpc) is 3.24. The van der Waals surface area contributed by atoms with Crippen LogP contribution in [0.15, 0.2) is 36.9 Å². The molecule has 0 aliphatic carbocycles. The monoisotopic (exact) mass is 385 g/mol. The Morgan fingerprint density at radius 2 is 2.29 bits per heavy atom. The zero-order valence-corrected chi connectivity index (χ0v) is 17.0. The van der Waals surface area contributed by atoms with Gasteiger partial charge in [0.25, 0.3) is 0 Å². The van der Waals surface area contributed by atoms with Crippen molar-refractivity contribution >= 4 is 5.91 Å². The summed E-state index contributed by atoms with van der Waals surface area (Å²) in [5.74, 6) is 1.55. The van der Waals surface area contributed by atoms with E-state index in [4.69, 9.17) is 4.74 Å². The van der Waals surface area contributed by atoms with E-state index in [1.54, 1.807) is 18.1 Å². The van der Waals surface area contributed by atoms with Crippen LogP contribution in [0.25, 0.3) is 0 Å². The van der Waals surface area contributed by atoms with E-state index in [1.165, 1.54) is 24.7 Å². The summed E-state index contributed by atoms with van der Waals surface area (Å²) < 4.78 is 6.91. The molecule has 0 spiro atoms. The summed E-state index contributed by atoms with van der Waals surface area (Å²) in [5.41, 5.74) is 1.31. The number of likely N-dealkylation sites (N-methyl/N-ethyl adjacent to an activating group) is 1. The number of ether oxygens (including phenoxy) is 1. The third-order valence-corrected chi connectivity index (χ3v) is 5.43. The number of methoxy groups -OCH3 is 1. The highest BCUT2D eigenvalue weighted by Crippen LogP contribution is 2.19. The number of nitrogens with zero attached hydrogens (tertiary/aromatic N) is 5. The zero-order valence-electron chi connectivity index (χ0n) is 17.0. The van der Waals surface area contributed by atoms with Gasteiger partial charge in [-0.15, -0.1) is 0 Å². The number of carbonyl (C=O) groups is 1. The molecule has 1 aromatic heterocycles. The number of hydrogen-bond donors (Lipinski definition) is 0. The SMILES string of the molecule is CCN(C[C@@H]1CCCN(CCc2cccc(OC)c2)C1)C(=O)Cn1cncn1. The zero-order chi connectivity index (χ0) is 19.8. The molecular weight excluding hydrogens is 354 g/mol. The molecule has 0 saturated carbocycles. The molecule has 1 aliphatic heterocycles. The normalized spacial score (nSPS) is 17.4. The molecule has 0 bridgehead atoms. The molecule has 152 valence electrons. The summed E-state index contributed by atoms with van der Waals surface area (Å²) in [6.07, 6.45) is 6.45. The Hall–Kier alpha value is -2.41. The Kier molecular flexibility index (Phi) is 7.42. The lowest BCUT2D eigenvalue weighted by molar-refractivity contribution is -0.132. The van der Waals surface area contributed by atoms with Crippen molar-refractivity contribution in [3.63, 3.8) is 0 Å². The van der Waals surface area contributed by atoms with Gasteiger partial charge >= 0.3 is 0 Å². The average molecular weight is 386 g/mol. The first-order valence-electron chi connectivity index (χ1n) is 10.1. The lowest BCUT2D eigenvalue weighted by Gasteiger charge is -2.35. The maximum absolute atomic E-state index is 12.6. The third kappa shape index (κ3) is 5.79. The number of piperidine rings is 1. The first-order valence-corrected chi connectivity index (χ1v) is 10.1. The smallest absolute Gasteiger partial charge is 0.244 e. The van der Waals surface area contributed by atoms with Crippen LogP contribution >= 0.6 is 0 Å². The number of amides is 1. The van der Waals surface area contributed by atoms with Crippen LogP contribution in [0.1, 0.15) is 25.3 Å². The van der Waals surface area contributed by atoms with Crippen LogP contribution in [0.5, 0.6) is 5.75 Å². The molecule has 0 unspecified atom stereocenters. The fraction of sp³-hybridized carbons (Fsp3) is 0.571. The Bertz CT molecular complexity index is 734. The van der Waals surface area contributed by atoms with Gasteiger partial charge in [-0.25, -0.2) is 9.67 Å². The maximum Gasteiger partial charge on any atom is 0.244 e. The van der Waals surface area contributed by atoms with E-state index in [0.717, 1.165) is 44.9 Å². The van der Waals surface area contributed by atoms with Crippen LogP contribution in [0.4, 0.5) is 0 Å². The summed E-state index contributed by atoms with van der Waals surface area (Å²) in [6, 6.07) is 8.30. The maximum atomic E-state index is 12.6. The van der Waals surface area contributed by atoms with Crippen LogP contribution < -0.4 is 4.74 Å². The lowest BCUT2D eigenvalue weighted by atomic mass is 9.96. The van der Waals surface area contributed by atoms with E-state index < -0.39 is 0 Å². The van der Waals surface area contributed by atoms with Gasteiger partial charge in [0.15, 0.2) is 0 Å². The van der Waals surface area contributed by atoms with Gasteiger partial charge in [-0.2, -0.15) is 5.10 Å². The number of aromatic nitrogens is 3. The Labute approximate surface area is 167 Å². The fourth-order valence-electron chi connectivity index (χ4n) is 3.89. The molecular formula is C21H31N5O2. The van der Waals surface area contributed by atoms with Gasteiger partial charge in [0.05, 0.1) is 7.11 Å². The molecule has 3 rings (SSSR count). The summed E-state index contributed by atoms with van der Waals surface area (Å²) >= 11 is 0. The number of rotatable bonds is 9. The second-order valence-electron chi connectivity index (χ2n) is 7.44. The highest BCUT2D eigenvalue weighted by Gasteiger charge is 2.23. The molecule has 0 N–H and O–H groups in total. The number of benzene rings is 1. The minimum atomic E-state index is 0.113. The molecule has 28 heavy (non-hydrogen) atoms. The van der Waals surface area contributed by atoms with Crippen molar-refractivity contribution in [1.82, 2.24) is 24.6 Å². The number of likely N-dealkylation sites (tertiary alicyclic amines) is 1. The second-order valence-corrected chi connectivity index (χ2v) is 7.44. The van der Waals surface area contributed by atoms with Gasteiger partial charge in [0.2, 0.25) is 5.91 Å². The van der Waals surface area contributed by atoms with Crippen molar-refractivity contribution in [1.29, 1.82) is 0 Å². The number of carbonyl (C=O) groups excluding carboxylic acids is 1. The van der Waals surface area contributed by atoms with Crippen LogP contribution in [-0.4, -0.2) is 70.3 Å². The third-order valence-electron chi connectivity index (χ3n) is 5.43. The first kappa shape index (κ1) is 20.3. The molecule has 1 aliphatic rings. The van der Waals surface area contributed by atoms with E-state index in [-0.39, 0.29) is 12.5 Å². The highest BCUT2D eigenvalue weighted by atomic mass is 16.5. The van der Waals surface area contributed by atoms with E-state index in [9.17, 15) is 4.79 Å². The number of hydrogen-bond acceptors (Lipinski definition) is 5. The van der Waals surface area contributed by atoms with E-state index in [1.807, 2.05) is 24.0 Å². The van der Waals surface area contributed by atoms with E-state index in [2.05, 4.69) is 27.1 Å². The Morgan fingerprint density at radius 1 is 1.39 bits per heavy atom. The molecule has 2 aromatic rings. The molecule has 1 aromatic carbocycles. The second kappa shape index (κ2) is 10.2. The predicted molar refractivity (Wildman–Crippen MR) is 108 cm³/mol. The quantitative estimate of drug-likeness (QED) is 0.661. The molecule has 1 amide bonds. The van der Waals surface area contributed by atoms with Crippen molar-refractivity contribution < 1.29 is 9.53 Å². The van der Waals surface area contributed by atoms with Gasteiger partial charge in [-0.3, -0.25) is 4.79 Å². The van der Waals surface area contributed by atoms with Crippen molar-refractivity contribution in [3.8, 4) is 5.75 Å². The molecule has 7 heteroatoms. The van der Waals surface area contributed by atoms with Crippen molar-refractivity contribution in [2.75, 3.05) is 39.8 Å². The Morgan fingerprint density at radius 3 is 3.04 bits per heavy atom. The largest absolute Gasteiger partial charge is 0.497 e. The van der Waals surface area contributed by atoms with Crippen molar-refractivity contribution in [3.05, 3.63) is 42.5 Å². The van der Waals surface area contributed by atoms with Gasteiger partial charge in [0.1, 0.15) is 24.9 Å². The van der Waals surface area contributed by atoms with Crippen molar-refractivity contribution in [2.24, 2.45) is 5.92 Å². The fourth-order valence-corrected chi connectivity index (χ4v) is 3.89. The van der Waals surface area contributed by atoms with E-state index in [0.29, 0.717) is 5.92 Å². The van der Waals surface area contributed by atoms with Crippen LogP contribution in [0, 0.1) is 5.92 Å². The summed E-state index contributed by atoms with van der Waals surface area (Å²) in [6.45, 7) is 7.09. The summed E-state index contributed by atoms with van der Waals surface area (Å²) in [4.78, 5) is 21.0. The molecule has 1 atom stereocenters. The van der Waals surface area contributed by atoms with Gasteiger partial charge in [-0.05, 0) is 56.3 Å². The Balaban J connectivity index is 1.48. The molecule has 1 fully saturated rings. The van der Waals surface area contributed by atoms with Crippen LogP contribution in [-0.2, 0) is 17.8 Å². The first-order chi connectivity index (χ1) is 13.7. The van der Waals surface area contributed by atoms with Crippen LogP contribution in [0.3, 0.4) is 0 Å². The molecule has 1 saturated heterocycles. The molecule has 2 heterocycles. The molecule has 0 radical (unpaired) electrons. The lowest BCUT2D eigenvalue weighted by Crippen LogP contribution is -2.44. The predicted octanol–water partition coefficient (Wildman–Crippen LogP) is 2.09. The van der Waals surface area contributed by atoms with Gasteiger partial charge in [0, 0.05) is 26.2 Å². The highest BCUT2D eigenvalue weighted by molar-refractivity contribution is 5.75. The van der Waals surface area contributed by atoms with Crippen LogP contribution in [0.2, 0.25) is 0 Å². The van der Waals surface area contributed by atoms with Gasteiger partial charge in [-0.1, -0.05) is 12.1 Å². The van der Waals surface area contributed by atoms with Crippen molar-refractivity contribution in [2.45, 2.75) is 32.7 Å². The minimum Gasteiger partial charge on any atom is -0.497 e. The summed E-state index contributed by atoms with van der Waals surface area (Å²) in [5, 5.41) is 4.04. The van der Waals surface area contributed by atoms with Gasteiger partial charge < -0.3 is 14.5 Å². The topological polar surface area (TPSA) is 63.5 Å². The minimum absolute atomic E-state index is 0.113. The standard InChI is InChI=1S/C21H31N5O2/c1-3-25(21(27)15-26-17-22-16-23-26)14-19-7-5-10-24(13-19)11-9-18-6-4-8-20(12-18)28-2/h4,6,8,12,16-17,19H,3,5,7,9-11,13-15H2,1-2H3/t19-/m1/s1.